The lowest BCUT2D eigenvalue weighted by molar-refractivity contribution is 0.736. The number of hydrogen-bond acceptors (Lipinski definition) is 2. The van der Waals surface area contributed by atoms with Crippen molar-refractivity contribution >= 4 is 80.7 Å². The fourth-order valence-corrected chi connectivity index (χ4v) is 19.0. The van der Waals surface area contributed by atoms with Crippen molar-refractivity contribution in [2.45, 2.75) is 74.5 Å². The highest BCUT2D eigenvalue weighted by Crippen LogP contribution is 2.58. The molecule has 9 aromatic carbocycles. The summed E-state index contributed by atoms with van der Waals surface area (Å²) in [5.74, 6) is 1.25. The Balaban J connectivity index is 1.10. The van der Waals surface area contributed by atoms with Crippen molar-refractivity contribution in [2.75, 3.05) is 4.90 Å². The molecule has 3 heterocycles. The monoisotopic (exact) mass is 909 g/mol. The van der Waals surface area contributed by atoms with E-state index in [1.54, 1.807) is 0 Å². The van der Waals surface area contributed by atoms with Crippen LogP contribution >= 0.6 is 11.8 Å². The molecule has 1 spiro atoms. The van der Waals surface area contributed by atoms with Gasteiger partial charge in [0.15, 0.2) is 8.07 Å². The van der Waals surface area contributed by atoms with E-state index in [0.29, 0.717) is 17.8 Å². The lowest BCUT2D eigenvalue weighted by atomic mass is 9.34. The largest absolute Gasteiger partial charge is 0.310 e. The van der Waals surface area contributed by atoms with Crippen molar-refractivity contribution in [3.8, 4) is 0 Å². The van der Waals surface area contributed by atoms with E-state index >= 15 is 0 Å². The Hall–Kier alpha value is -6.59. The molecule has 3 aliphatic heterocycles. The SMILES string of the molecule is CC(C)c1cc(C(C)C)c(B2c3ccccc3Sc3cc(N4c5ccccc5C5(c6ccccc64)c4ccccc4[Si](c4ccccc4)(c4ccccc4)c4ccccc45)ccc32)c(C(C)C)c1. The average Bonchev–Trinajstić information content (AvgIpc) is 3.38. The molecule has 0 N–H and O–H groups in total. The van der Waals surface area contributed by atoms with Gasteiger partial charge in [0, 0.05) is 15.5 Å². The van der Waals surface area contributed by atoms with Crippen LogP contribution in [0.4, 0.5) is 17.1 Å². The normalized spacial score (nSPS) is 14.8. The van der Waals surface area contributed by atoms with Gasteiger partial charge in [0.25, 0.3) is 0 Å². The second-order valence-corrected chi connectivity index (χ2v) is 24.9. The minimum atomic E-state index is -2.84. The van der Waals surface area contributed by atoms with Gasteiger partial charge in [-0.3, -0.25) is 0 Å². The van der Waals surface area contributed by atoms with E-state index in [-0.39, 0.29) is 6.71 Å². The Morgan fingerprint density at radius 2 is 0.882 bits per heavy atom. The summed E-state index contributed by atoms with van der Waals surface area (Å²) in [7, 11) is -2.84. The first-order valence-corrected chi connectivity index (χ1v) is 27.4. The second-order valence-electron chi connectivity index (χ2n) is 20.1. The van der Waals surface area contributed by atoms with Gasteiger partial charge in [-0.1, -0.05) is 252 Å². The van der Waals surface area contributed by atoms with E-state index < -0.39 is 13.5 Å². The number of hydrogen-bond donors (Lipinski definition) is 0. The molecule has 0 amide bonds. The van der Waals surface area contributed by atoms with Gasteiger partial charge in [-0.25, -0.2) is 0 Å². The maximum atomic E-state index is 2.57. The summed E-state index contributed by atoms with van der Waals surface area (Å²) >= 11 is 1.93. The lowest BCUT2D eigenvalue weighted by Crippen LogP contribution is -2.79. The topological polar surface area (TPSA) is 3.24 Å². The van der Waals surface area contributed by atoms with Crippen molar-refractivity contribution in [3.63, 3.8) is 0 Å². The van der Waals surface area contributed by atoms with E-state index in [9.17, 15) is 0 Å². The summed E-state index contributed by atoms with van der Waals surface area (Å²) < 4.78 is 0. The van der Waals surface area contributed by atoms with Crippen LogP contribution in [-0.2, 0) is 5.41 Å². The van der Waals surface area contributed by atoms with E-state index in [0.717, 1.165) is 0 Å². The molecule has 0 saturated heterocycles. The van der Waals surface area contributed by atoms with Gasteiger partial charge in [-0.2, -0.15) is 0 Å². The molecule has 12 rings (SSSR count). The standard InChI is InChI=1S/C64H56BNSSi/c1-42(2)45-39-49(43(3)4)63(50(40-45)44(5)6)65-55-31-17-20-34-59(55)67-60-41-46(37-38-56(60)65)66-57-32-18-13-27-51(57)64(52-28-14-19-33-58(52)66)53-29-15-21-35-61(53)68(47-23-9-7-10-24-47,48-25-11-8-12-26-48)62-36-22-16-30-54(62)64/h7-44H,1-6H3. The van der Waals surface area contributed by atoms with E-state index in [1.165, 1.54) is 103 Å². The molecule has 1 nitrogen and oxygen atoms in total. The molecule has 4 heteroatoms. The van der Waals surface area contributed by atoms with Crippen LogP contribution in [0.2, 0.25) is 0 Å². The first-order valence-electron chi connectivity index (χ1n) is 24.6. The first kappa shape index (κ1) is 42.7. The number of anilines is 3. The number of para-hydroxylation sites is 2. The molecule has 0 atom stereocenters. The van der Waals surface area contributed by atoms with Gasteiger partial charge in [0.1, 0.15) is 0 Å². The van der Waals surface area contributed by atoms with Crippen LogP contribution in [0.15, 0.2) is 222 Å². The third kappa shape index (κ3) is 6.16. The molecule has 0 radical (unpaired) electrons. The summed E-state index contributed by atoms with van der Waals surface area (Å²) in [5.41, 5.74) is 17.1. The minimum absolute atomic E-state index is 0.130. The average molecular weight is 910 g/mol. The lowest BCUT2D eigenvalue weighted by Gasteiger charge is -2.53. The molecule has 0 aliphatic carbocycles. The van der Waals surface area contributed by atoms with Crippen LogP contribution in [0.3, 0.4) is 0 Å². The molecular formula is C64H56BNSSi. The van der Waals surface area contributed by atoms with E-state index in [1.807, 2.05) is 11.8 Å². The Kier molecular flexibility index (Phi) is 10.4. The van der Waals surface area contributed by atoms with Gasteiger partial charge >= 0.3 is 0 Å². The fraction of sp³-hybridized carbons (Fsp3) is 0.156. The van der Waals surface area contributed by atoms with Crippen molar-refractivity contribution in [1.82, 2.24) is 0 Å². The van der Waals surface area contributed by atoms with Gasteiger partial charge < -0.3 is 4.90 Å². The van der Waals surface area contributed by atoms with Crippen LogP contribution in [0, 0.1) is 0 Å². The summed E-state index contributed by atoms with van der Waals surface area (Å²) in [4.78, 5) is 5.24. The molecule has 68 heavy (non-hydrogen) atoms. The minimum Gasteiger partial charge on any atom is -0.310 e. The number of fused-ring (bicyclic) bond motifs is 10. The number of nitrogens with zero attached hydrogens (tertiary/aromatic N) is 1. The Morgan fingerprint density at radius 1 is 0.426 bits per heavy atom. The highest BCUT2D eigenvalue weighted by atomic mass is 32.2. The molecule has 330 valence electrons. The van der Waals surface area contributed by atoms with Gasteiger partial charge in [0.2, 0.25) is 6.71 Å². The van der Waals surface area contributed by atoms with Crippen LogP contribution < -0.4 is 42.0 Å². The van der Waals surface area contributed by atoms with E-state index in [4.69, 9.17) is 0 Å². The van der Waals surface area contributed by atoms with Crippen molar-refractivity contribution in [1.29, 1.82) is 0 Å². The zero-order valence-electron chi connectivity index (χ0n) is 39.9. The quantitative estimate of drug-likeness (QED) is 0.147. The molecule has 0 unspecified atom stereocenters. The first-order chi connectivity index (χ1) is 33.2. The highest BCUT2D eigenvalue weighted by molar-refractivity contribution is 8.00. The Labute approximate surface area is 409 Å². The molecule has 9 aromatic rings. The van der Waals surface area contributed by atoms with Crippen molar-refractivity contribution in [2.24, 2.45) is 0 Å². The summed E-state index contributed by atoms with van der Waals surface area (Å²) in [6.07, 6.45) is 0. The summed E-state index contributed by atoms with van der Waals surface area (Å²) in [6, 6.07) is 82.0. The molecular weight excluding hydrogens is 854 g/mol. The summed E-state index contributed by atoms with van der Waals surface area (Å²) in [5, 5.41) is 5.71. The predicted molar refractivity (Wildman–Crippen MR) is 294 cm³/mol. The zero-order chi connectivity index (χ0) is 46.3. The van der Waals surface area contributed by atoms with E-state index in [2.05, 4.69) is 259 Å². The van der Waals surface area contributed by atoms with Crippen LogP contribution in [0.25, 0.3) is 0 Å². The molecule has 0 bridgehead atoms. The maximum Gasteiger partial charge on any atom is 0.244 e. The predicted octanol–water partition coefficient (Wildman–Crippen LogP) is 11.9. The highest BCUT2D eigenvalue weighted by Gasteiger charge is 2.57. The Bertz CT molecular complexity index is 3230. The molecule has 3 aliphatic rings. The van der Waals surface area contributed by atoms with Gasteiger partial charge in [-0.15, -0.1) is 0 Å². The smallest absolute Gasteiger partial charge is 0.244 e. The van der Waals surface area contributed by atoms with Crippen molar-refractivity contribution in [3.05, 3.63) is 251 Å². The third-order valence-corrected chi connectivity index (χ3v) is 21.5. The second kappa shape index (κ2) is 16.6. The van der Waals surface area contributed by atoms with Crippen LogP contribution in [0.1, 0.15) is 98.2 Å². The van der Waals surface area contributed by atoms with Crippen LogP contribution in [0.5, 0.6) is 0 Å². The van der Waals surface area contributed by atoms with Gasteiger partial charge in [0.05, 0.1) is 16.8 Å². The fourth-order valence-electron chi connectivity index (χ4n) is 12.6. The Morgan fingerprint density at radius 3 is 1.41 bits per heavy atom. The third-order valence-electron chi connectivity index (χ3n) is 15.5. The maximum absolute atomic E-state index is 2.84. The summed E-state index contributed by atoms with van der Waals surface area (Å²) in [6.45, 7) is 14.3. The van der Waals surface area contributed by atoms with Crippen LogP contribution in [-0.4, -0.2) is 14.8 Å². The zero-order valence-corrected chi connectivity index (χ0v) is 41.7. The molecule has 0 saturated carbocycles. The molecule has 0 aromatic heterocycles. The van der Waals surface area contributed by atoms with Gasteiger partial charge in [-0.05, 0) is 108 Å². The molecule has 0 fully saturated rings. The number of benzene rings is 9. The van der Waals surface area contributed by atoms with Crippen molar-refractivity contribution < 1.29 is 0 Å². The number of rotatable bonds is 7.